The van der Waals surface area contributed by atoms with E-state index in [9.17, 15) is 4.79 Å². The lowest BCUT2D eigenvalue weighted by atomic mass is 10.2. The van der Waals surface area contributed by atoms with E-state index in [4.69, 9.17) is 4.52 Å². The van der Waals surface area contributed by atoms with E-state index in [1.807, 2.05) is 13.8 Å². The van der Waals surface area contributed by atoms with Crippen molar-refractivity contribution in [2.75, 3.05) is 5.32 Å². The van der Waals surface area contributed by atoms with Crippen molar-refractivity contribution in [1.29, 1.82) is 0 Å². The second kappa shape index (κ2) is 9.79. The first-order valence-electron chi connectivity index (χ1n) is 9.21. The molecule has 3 aromatic rings. The average Bonchev–Trinajstić information content (AvgIpc) is 3.27. The van der Waals surface area contributed by atoms with Gasteiger partial charge < -0.3 is 4.52 Å². The Bertz CT molecular complexity index is 919. The molecule has 0 aromatic carbocycles. The molecule has 0 atom stereocenters. The van der Waals surface area contributed by atoms with Crippen LogP contribution in [0.2, 0.25) is 0 Å². The molecular formula is C19H23N5O2S2. The molecule has 0 spiro atoms. The summed E-state index contributed by atoms with van der Waals surface area (Å²) in [6, 6.07) is 3.52. The van der Waals surface area contributed by atoms with Gasteiger partial charge in [-0.1, -0.05) is 36.3 Å². The van der Waals surface area contributed by atoms with E-state index < -0.39 is 0 Å². The second-order valence-electron chi connectivity index (χ2n) is 6.36. The molecule has 0 aliphatic heterocycles. The molecule has 0 unspecified atom stereocenters. The highest BCUT2D eigenvalue weighted by atomic mass is 32.2. The van der Waals surface area contributed by atoms with Crippen LogP contribution in [0.5, 0.6) is 0 Å². The van der Waals surface area contributed by atoms with Crippen molar-refractivity contribution in [3.63, 3.8) is 0 Å². The molecule has 3 heterocycles. The third kappa shape index (κ3) is 5.17. The van der Waals surface area contributed by atoms with Gasteiger partial charge in [0.25, 0.3) is 5.91 Å². The van der Waals surface area contributed by atoms with Crippen molar-refractivity contribution >= 4 is 34.1 Å². The standard InChI is InChI=1S/C19H23N5O2S2/c1-4-5-6-9-16-22-23-19(28-16)21-17(25)14-8-7-10-20-18(14)27-11-15-12(2)24-26-13(15)3/h7-8,10H,4-6,9,11H2,1-3H3,(H,21,23,25). The minimum atomic E-state index is -0.231. The number of anilines is 1. The van der Waals surface area contributed by atoms with Gasteiger partial charge in [-0.15, -0.1) is 22.0 Å². The number of rotatable bonds is 9. The van der Waals surface area contributed by atoms with Crippen LogP contribution in [0.3, 0.4) is 0 Å². The molecular weight excluding hydrogens is 394 g/mol. The number of amides is 1. The minimum Gasteiger partial charge on any atom is -0.361 e. The first-order valence-corrected chi connectivity index (χ1v) is 11.0. The van der Waals surface area contributed by atoms with Crippen LogP contribution >= 0.6 is 23.1 Å². The normalized spacial score (nSPS) is 11.0. The molecule has 0 fully saturated rings. The quantitative estimate of drug-likeness (QED) is 0.394. The minimum absolute atomic E-state index is 0.231. The molecule has 9 heteroatoms. The number of carbonyl (C=O) groups is 1. The number of pyridine rings is 1. The van der Waals surface area contributed by atoms with Crippen LogP contribution < -0.4 is 5.32 Å². The topological polar surface area (TPSA) is 93.8 Å². The van der Waals surface area contributed by atoms with Gasteiger partial charge >= 0.3 is 0 Å². The number of thioether (sulfide) groups is 1. The van der Waals surface area contributed by atoms with Gasteiger partial charge in [0, 0.05) is 23.9 Å². The van der Waals surface area contributed by atoms with Crippen LogP contribution in [0.15, 0.2) is 27.9 Å². The lowest BCUT2D eigenvalue weighted by Crippen LogP contribution is -2.13. The Hall–Kier alpha value is -2.26. The van der Waals surface area contributed by atoms with Gasteiger partial charge in [-0.05, 0) is 32.4 Å². The van der Waals surface area contributed by atoms with Crippen LogP contribution in [-0.4, -0.2) is 26.2 Å². The Morgan fingerprint density at radius 1 is 1.29 bits per heavy atom. The van der Waals surface area contributed by atoms with E-state index in [1.54, 1.807) is 18.3 Å². The van der Waals surface area contributed by atoms with Gasteiger partial charge in [0.15, 0.2) is 0 Å². The van der Waals surface area contributed by atoms with Gasteiger partial charge in [-0.25, -0.2) is 4.98 Å². The predicted molar refractivity (Wildman–Crippen MR) is 111 cm³/mol. The third-order valence-electron chi connectivity index (χ3n) is 4.23. The molecule has 28 heavy (non-hydrogen) atoms. The Morgan fingerprint density at radius 3 is 2.89 bits per heavy atom. The number of unbranched alkanes of at least 4 members (excludes halogenated alkanes) is 2. The van der Waals surface area contributed by atoms with E-state index in [2.05, 4.69) is 32.6 Å². The Kier molecular flexibility index (Phi) is 7.16. The third-order valence-corrected chi connectivity index (χ3v) is 6.16. The molecule has 1 N–H and O–H groups in total. The van der Waals surface area contributed by atoms with E-state index >= 15 is 0 Å². The fourth-order valence-electron chi connectivity index (χ4n) is 2.62. The summed E-state index contributed by atoms with van der Waals surface area (Å²) in [5, 5.41) is 17.2. The maximum absolute atomic E-state index is 12.7. The maximum atomic E-state index is 12.7. The van der Waals surface area contributed by atoms with Crippen LogP contribution in [-0.2, 0) is 12.2 Å². The summed E-state index contributed by atoms with van der Waals surface area (Å²) in [6.07, 6.45) is 6.00. The fraction of sp³-hybridized carbons (Fsp3) is 0.421. The Labute approximate surface area is 172 Å². The average molecular weight is 418 g/mol. The lowest BCUT2D eigenvalue weighted by molar-refractivity contribution is 0.102. The first-order chi connectivity index (χ1) is 13.6. The molecule has 0 bridgehead atoms. The molecule has 0 aliphatic rings. The number of aryl methyl sites for hydroxylation is 3. The van der Waals surface area contributed by atoms with E-state index in [0.29, 0.717) is 21.5 Å². The van der Waals surface area contributed by atoms with Gasteiger partial charge in [-0.3, -0.25) is 10.1 Å². The molecule has 148 valence electrons. The highest BCUT2D eigenvalue weighted by Crippen LogP contribution is 2.28. The summed E-state index contributed by atoms with van der Waals surface area (Å²) in [7, 11) is 0. The zero-order valence-electron chi connectivity index (χ0n) is 16.2. The predicted octanol–water partition coefficient (Wildman–Crippen LogP) is 4.82. The van der Waals surface area contributed by atoms with Crippen LogP contribution in [0.1, 0.15) is 58.6 Å². The molecule has 3 aromatic heterocycles. The fourth-order valence-corrected chi connectivity index (χ4v) is 4.54. The van der Waals surface area contributed by atoms with Crippen molar-refractivity contribution in [2.24, 2.45) is 0 Å². The summed E-state index contributed by atoms with van der Waals surface area (Å²) in [5.74, 6) is 1.20. The molecule has 0 radical (unpaired) electrons. The van der Waals surface area contributed by atoms with Crippen molar-refractivity contribution in [3.05, 3.63) is 45.9 Å². The zero-order chi connectivity index (χ0) is 19.9. The van der Waals surface area contributed by atoms with E-state index in [1.165, 1.54) is 29.5 Å². The summed E-state index contributed by atoms with van der Waals surface area (Å²) in [6.45, 7) is 5.96. The highest BCUT2D eigenvalue weighted by Gasteiger charge is 2.17. The first kappa shape index (κ1) is 20.5. The number of nitrogens with one attached hydrogen (secondary N) is 1. The summed E-state index contributed by atoms with van der Waals surface area (Å²) < 4.78 is 5.20. The molecule has 0 saturated carbocycles. The van der Waals surface area contributed by atoms with Gasteiger partial charge in [0.2, 0.25) is 5.13 Å². The van der Waals surface area contributed by atoms with Gasteiger partial charge in [0.05, 0.1) is 11.3 Å². The number of carbonyl (C=O) groups excluding carboxylic acids is 1. The number of hydrogen-bond donors (Lipinski definition) is 1. The monoisotopic (exact) mass is 417 g/mol. The maximum Gasteiger partial charge on any atom is 0.260 e. The summed E-state index contributed by atoms with van der Waals surface area (Å²) in [4.78, 5) is 17.1. The van der Waals surface area contributed by atoms with Gasteiger partial charge in [0.1, 0.15) is 15.8 Å². The van der Waals surface area contributed by atoms with E-state index in [-0.39, 0.29) is 5.91 Å². The van der Waals surface area contributed by atoms with Gasteiger partial charge in [-0.2, -0.15) is 0 Å². The Balaban J connectivity index is 1.65. The lowest BCUT2D eigenvalue weighted by Gasteiger charge is -2.07. The smallest absolute Gasteiger partial charge is 0.260 e. The Morgan fingerprint density at radius 2 is 2.14 bits per heavy atom. The number of aromatic nitrogens is 4. The molecule has 0 saturated heterocycles. The molecule has 7 nitrogen and oxygen atoms in total. The zero-order valence-corrected chi connectivity index (χ0v) is 17.8. The second-order valence-corrected chi connectivity index (χ2v) is 8.39. The SMILES string of the molecule is CCCCCc1nnc(NC(=O)c2cccnc2SCc2c(C)noc2C)s1. The van der Waals surface area contributed by atoms with E-state index in [0.717, 1.165) is 41.3 Å². The number of hydrogen-bond acceptors (Lipinski definition) is 8. The molecule has 0 aliphatic carbocycles. The van der Waals surface area contributed by atoms with Crippen molar-refractivity contribution < 1.29 is 9.32 Å². The largest absolute Gasteiger partial charge is 0.361 e. The van der Waals surface area contributed by atoms with Crippen molar-refractivity contribution in [1.82, 2.24) is 20.3 Å². The van der Waals surface area contributed by atoms with Crippen molar-refractivity contribution in [2.45, 2.75) is 57.2 Å². The molecule has 3 rings (SSSR count). The van der Waals surface area contributed by atoms with Crippen LogP contribution in [0.25, 0.3) is 0 Å². The number of nitrogens with zero attached hydrogens (tertiary/aromatic N) is 4. The molecule has 1 amide bonds. The van der Waals surface area contributed by atoms with Crippen LogP contribution in [0, 0.1) is 13.8 Å². The summed E-state index contributed by atoms with van der Waals surface area (Å²) in [5.41, 5.74) is 2.40. The van der Waals surface area contributed by atoms with Crippen LogP contribution in [0.4, 0.5) is 5.13 Å². The summed E-state index contributed by atoms with van der Waals surface area (Å²) >= 11 is 2.91. The highest BCUT2D eigenvalue weighted by molar-refractivity contribution is 7.98. The van der Waals surface area contributed by atoms with Crippen molar-refractivity contribution in [3.8, 4) is 0 Å².